The van der Waals surface area contributed by atoms with Gasteiger partial charge in [-0.3, -0.25) is 4.55 Å². The number of hydrogen-bond acceptors (Lipinski definition) is 10. The highest BCUT2D eigenvalue weighted by Crippen LogP contribution is 2.46. The van der Waals surface area contributed by atoms with Gasteiger partial charge in [-0.1, -0.05) is 88.0 Å². The van der Waals surface area contributed by atoms with Crippen LogP contribution in [0.3, 0.4) is 0 Å². The summed E-state index contributed by atoms with van der Waals surface area (Å²) in [7, 11) is -3.67. The molecule has 0 spiro atoms. The predicted octanol–water partition coefficient (Wildman–Crippen LogP) is 8.77. The maximum absolute atomic E-state index is 10.9. The molecule has 0 amide bonds. The van der Waals surface area contributed by atoms with E-state index in [9.17, 15) is 13.5 Å². The first kappa shape index (κ1) is 34.8. The number of phenolic OH excluding ortho intramolecular Hbond substituents is 1. The van der Waals surface area contributed by atoms with Gasteiger partial charge in [0.1, 0.15) is 5.69 Å². The number of rotatable bonds is 5. The minimum absolute atomic E-state index is 0.128. The van der Waals surface area contributed by atoms with Crippen LogP contribution in [0.5, 0.6) is 5.75 Å². The monoisotopic (exact) mass is 591 g/mol. The van der Waals surface area contributed by atoms with Gasteiger partial charge in [-0.15, -0.1) is 9.45 Å². The maximum atomic E-state index is 10.9. The lowest BCUT2D eigenvalue weighted by atomic mass is 10.0. The number of phenols is 1. The van der Waals surface area contributed by atoms with Crippen molar-refractivity contribution in [3.8, 4) is 5.75 Å². The Labute approximate surface area is 239 Å². The second-order valence-corrected chi connectivity index (χ2v) is 10.8. The molecule has 0 saturated heterocycles. The number of aryl methyl sites for hydroxylation is 1. The summed E-state index contributed by atoms with van der Waals surface area (Å²) in [5.41, 5.74) is 8.24. The van der Waals surface area contributed by atoms with Crippen molar-refractivity contribution in [1.29, 1.82) is 0 Å². The number of aromatic hydroxyl groups is 1. The summed E-state index contributed by atoms with van der Waals surface area (Å²) in [6.07, 6.45) is 3.22. The first-order valence-electron chi connectivity index (χ1n) is 12.4. The molecule has 0 unspecified atom stereocenters. The smallest absolute Gasteiger partial charge is 0.261 e. The van der Waals surface area contributed by atoms with Crippen LogP contribution >= 0.6 is 12.0 Å². The quantitative estimate of drug-likeness (QED) is 0.0443. The standard InChI is InChI=1S/C21H17N3O4S.2C3H8.CH4O3S/c1-12-6-7-15-11-17(29-28-27-26)20(21(25)18(15)19(12)22)24-23-16-9-8-13-4-2-3-5-14(13)10-16;2*1-3-2;1-5(2,3)4/h2-11,25-26H,22H2,1H3;2*3H2,1-2H3;1H3,(H,2,3,4). The molecule has 0 aliphatic heterocycles. The van der Waals surface area contributed by atoms with Gasteiger partial charge >= 0.3 is 0 Å². The van der Waals surface area contributed by atoms with Crippen LogP contribution in [0.1, 0.15) is 46.1 Å². The van der Waals surface area contributed by atoms with Crippen LogP contribution in [-0.4, -0.2) is 29.6 Å². The Morgan fingerprint density at radius 3 is 2.02 bits per heavy atom. The zero-order chi connectivity index (χ0) is 30.3. The molecule has 4 rings (SSSR count). The third-order valence-corrected chi connectivity index (χ3v) is 5.25. The van der Waals surface area contributed by atoms with Crippen LogP contribution in [0.15, 0.2) is 75.8 Å². The fraction of sp³-hybridized carbons (Fsp3) is 0.286. The molecule has 40 heavy (non-hydrogen) atoms. The van der Waals surface area contributed by atoms with E-state index in [-0.39, 0.29) is 11.4 Å². The van der Waals surface area contributed by atoms with E-state index in [1.165, 1.54) is 12.8 Å². The predicted molar refractivity (Wildman–Crippen MR) is 163 cm³/mol. The average Bonchev–Trinajstić information content (AvgIpc) is 2.89. The van der Waals surface area contributed by atoms with E-state index >= 15 is 0 Å². The van der Waals surface area contributed by atoms with Crippen LogP contribution in [0.2, 0.25) is 0 Å². The van der Waals surface area contributed by atoms with Crippen LogP contribution in [0.4, 0.5) is 17.1 Å². The molecule has 0 fully saturated rings. The van der Waals surface area contributed by atoms with E-state index in [2.05, 4.69) is 47.3 Å². The fourth-order valence-electron chi connectivity index (χ4n) is 3.13. The molecule has 0 aliphatic rings. The Hall–Kier alpha value is -3.26. The zero-order valence-electron chi connectivity index (χ0n) is 23.5. The first-order chi connectivity index (χ1) is 18.9. The fourth-order valence-corrected chi connectivity index (χ4v) is 3.62. The van der Waals surface area contributed by atoms with Gasteiger partial charge in [0.2, 0.25) is 0 Å². The highest BCUT2D eigenvalue weighted by Gasteiger charge is 2.17. The van der Waals surface area contributed by atoms with Crippen molar-refractivity contribution < 1.29 is 32.7 Å². The lowest BCUT2D eigenvalue weighted by Crippen LogP contribution is -1.92. The molecule has 0 radical (unpaired) electrons. The average molecular weight is 592 g/mol. The summed E-state index contributed by atoms with van der Waals surface area (Å²) in [4.78, 5) is 0.400. The van der Waals surface area contributed by atoms with Crippen molar-refractivity contribution in [2.24, 2.45) is 10.2 Å². The number of hydrogen-bond donors (Lipinski definition) is 4. The van der Waals surface area contributed by atoms with Crippen LogP contribution in [-0.2, 0) is 19.5 Å². The molecule has 10 nitrogen and oxygen atoms in total. The second-order valence-electron chi connectivity index (χ2n) is 8.57. The van der Waals surface area contributed by atoms with Crippen LogP contribution < -0.4 is 5.73 Å². The molecule has 4 aromatic rings. The number of nitrogens with two attached hydrogens (primary N) is 1. The number of nitrogens with zero attached hydrogens (tertiary/aromatic N) is 2. The molecule has 0 bridgehead atoms. The van der Waals surface area contributed by atoms with Gasteiger partial charge in [0.25, 0.3) is 10.1 Å². The second kappa shape index (κ2) is 17.4. The molecule has 0 atom stereocenters. The van der Waals surface area contributed by atoms with Crippen LogP contribution in [0, 0.1) is 6.92 Å². The van der Waals surface area contributed by atoms with E-state index in [0.29, 0.717) is 45.3 Å². The zero-order valence-corrected chi connectivity index (χ0v) is 25.1. The van der Waals surface area contributed by atoms with Gasteiger partial charge in [-0.2, -0.15) is 13.5 Å². The minimum atomic E-state index is -3.67. The van der Waals surface area contributed by atoms with Gasteiger partial charge in [0, 0.05) is 11.1 Å². The van der Waals surface area contributed by atoms with E-state index in [1.54, 1.807) is 6.07 Å². The largest absolute Gasteiger partial charge is 0.505 e. The topological polar surface area (TPSA) is 164 Å². The van der Waals surface area contributed by atoms with E-state index in [4.69, 9.17) is 15.5 Å². The van der Waals surface area contributed by atoms with Crippen molar-refractivity contribution in [2.75, 3.05) is 12.0 Å². The highest BCUT2D eigenvalue weighted by molar-refractivity contribution is 7.94. The Morgan fingerprint density at radius 1 is 0.900 bits per heavy atom. The minimum Gasteiger partial charge on any atom is -0.505 e. The third kappa shape index (κ3) is 11.5. The van der Waals surface area contributed by atoms with Gasteiger partial charge in [0.15, 0.2) is 5.75 Å². The molecule has 0 aromatic heterocycles. The molecule has 0 saturated carbocycles. The Bertz CT molecular complexity index is 1500. The summed E-state index contributed by atoms with van der Waals surface area (Å²) in [5.74, 6) is -0.128. The summed E-state index contributed by atoms with van der Waals surface area (Å²) in [5, 5.41) is 34.9. The van der Waals surface area contributed by atoms with Crippen molar-refractivity contribution in [2.45, 2.75) is 52.4 Å². The summed E-state index contributed by atoms with van der Waals surface area (Å²) >= 11 is 0.697. The van der Waals surface area contributed by atoms with E-state index < -0.39 is 10.1 Å². The molecular weight excluding hydrogens is 554 g/mol. The third-order valence-electron chi connectivity index (χ3n) is 4.63. The normalized spacial score (nSPS) is 10.8. The molecule has 0 heterocycles. The molecule has 218 valence electrons. The van der Waals surface area contributed by atoms with Gasteiger partial charge in [-0.25, -0.2) is 5.26 Å². The number of fused-ring (bicyclic) bond motifs is 2. The Morgan fingerprint density at radius 2 is 1.45 bits per heavy atom. The first-order valence-corrected chi connectivity index (χ1v) is 15.0. The molecular formula is C28H37N3O7S2. The van der Waals surface area contributed by atoms with Crippen molar-refractivity contribution in [1.82, 2.24) is 0 Å². The molecule has 4 aromatic carbocycles. The highest BCUT2D eigenvalue weighted by atomic mass is 32.2. The van der Waals surface area contributed by atoms with Gasteiger partial charge < -0.3 is 10.8 Å². The lowest BCUT2D eigenvalue weighted by molar-refractivity contribution is -0.432. The number of nitrogen functional groups attached to an aromatic ring is 1. The van der Waals surface area contributed by atoms with Crippen molar-refractivity contribution in [3.05, 3.63) is 66.2 Å². The maximum Gasteiger partial charge on any atom is 0.261 e. The van der Waals surface area contributed by atoms with Gasteiger partial charge in [-0.05, 0) is 46.8 Å². The summed E-state index contributed by atoms with van der Waals surface area (Å²) in [6.45, 7) is 10.4. The summed E-state index contributed by atoms with van der Waals surface area (Å²) < 4.78 is 30.4. The number of benzene rings is 4. The van der Waals surface area contributed by atoms with Crippen LogP contribution in [0.25, 0.3) is 21.5 Å². The number of anilines is 1. The van der Waals surface area contributed by atoms with E-state index in [0.717, 1.165) is 16.3 Å². The number of azo groups is 1. The van der Waals surface area contributed by atoms with E-state index in [1.807, 2.05) is 61.5 Å². The molecule has 5 N–H and O–H groups in total. The Kier molecular flexibility index (Phi) is 15.2. The Balaban J connectivity index is 0.000000626. The summed E-state index contributed by atoms with van der Waals surface area (Å²) in [6, 6.07) is 19.0. The lowest BCUT2D eigenvalue weighted by Gasteiger charge is -2.12. The SMILES string of the molecule is CCC.CCC.CS(=O)(=O)O.Cc1ccc2cc(SOOO)c(N=Nc3ccc4ccccc4c3)c(O)c2c1N. The van der Waals surface area contributed by atoms with Gasteiger partial charge in [0.05, 0.1) is 28.9 Å². The molecule has 0 aliphatic carbocycles. The van der Waals surface area contributed by atoms with Crippen molar-refractivity contribution >= 4 is 60.8 Å². The van der Waals surface area contributed by atoms with Crippen molar-refractivity contribution in [3.63, 3.8) is 0 Å². The molecule has 12 heteroatoms.